The molecule has 0 unspecified atom stereocenters. The van der Waals surface area contributed by atoms with Gasteiger partial charge in [-0.1, -0.05) is 0 Å². The predicted molar refractivity (Wildman–Crippen MR) is 91.5 cm³/mol. The van der Waals surface area contributed by atoms with Gasteiger partial charge in [-0.25, -0.2) is 4.98 Å². The molecule has 1 spiro atoms. The molecule has 1 atom stereocenters. The second-order valence-corrected chi connectivity index (χ2v) is 7.77. The maximum atomic E-state index is 12.9. The van der Waals surface area contributed by atoms with Crippen molar-refractivity contribution in [3.8, 4) is 0 Å². The Balaban J connectivity index is 1.58. The molecule has 1 aromatic heterocycles. The minimum Gasteiger partial charge on any atom is -0.383 e. The van der Waals surface area contributed by atoms with Gasteiger partial charge in [0.1, 0.15) is 5.01 Å². The highest BCUT2D eigenvalue weighted by atomic mass is 32.1. The van der Waals surface area contributed by atoms with Crippen LogP contribution in [0.15, 0.2) is 5.38 Å². The molecule has 2 saturated heterocycles. The molecule has 6 heteroatoms. The monoisotopic (exact) mass is 337 g/mol. The summed E-state index contributed by atoms with van der Waals surface area (Å²) in [6.07, 6.45) is 4.14. The van der Waals surface area contributed by atoms with Gasteiger partial charge in [0.25, 0.3) is 0 Å². The Labute approximate surface area is 142 Å². The van der Waals surface area contributed by atoms with E-state index in [1.54, 1.807) is 18.4 Å². The SMILES string of the molecule is COCCN1CC[C@@]2(CCCN(Cc3nc(C)cs3)CC2)C1=O. The van der Waals surface area contributed by atoms with E-state index in [0.717, 1.165) is 64.1 Å². The maximum absolute atomic E-state index is 12.9. The van der Waals surface area contributed by atoms with Crippen LogP contribution in [0.4, 0.5) is 0 Å². The van der Waals surface area contributed by atoms with Gasteiger partial charge in [0.15, 0.2) is 0 Å². The summed E-state index contributed by atoms with van der Waals surface area (Å²) in [6.45, 7) is 7.32. The lowest BCUT2D eigenvalue weighted by molar-refractivity contribution is -0.137. The second-order valence-electron chi connectivity index (χ2n) is 6.83. The number of ether oxygens (including phenoxy) is 1. The highest BCUT2D eigenvalue weighted by molar-refractivity contribution is 7.09. The smallest absolute Gasteiger partial charge is 0.228 e. The van der Waals surface area contributed by atoms with Crippen molar-refractivity contribution in [2.75, 3.05) is 39.9 Å². The van der Waals surface area contributed by atoms with Crippen molar-refractivity contribution < 1.29 is 9.53 Å². The number of carbonyl (C=O) groups excluding carboxylic acids is 1. The van der Waals surface area contributed by atoms with E-state index in [1.165, 1.54) is 5.01 Å². The molecule has 0 aromatic carbocycles. The molecule has 0 N–H and O–H groups in total. The Bertz CT molecular complexity index is 548. The quantitative estimate of drug-likeness (QED) is 0.827. The van der Waals surface area contributed by atoms with Gasteiger partial charge in [-0.3, -0.25) is 9.69 Å². The largest absolute Gasteiger partial charge is 0.383 e. The van der Waals surface area contributed by atoms with Crippen LogP contribution in [0.5, 0.6) is 0 Å². The number of methoxy groups -OCH3 is 1. The molecule has 1 amide bonds. The van der Waals surface area contributed by atoms with Crippen LogP contribution in [-0.2, 0) is 16.1 Å². The fourth-order valence-electron chi connectivity index (χ4n) is 3.85. The third-order valence-electron chi connectivity index (χ3n) is 5.23. The van der Waals surface area contributed by atoms with Crippen LogP contribution in [-0.4, -0.2) is 60.6 Å². The number of hydrogen-bond acceptors (Lipinski definition) is 5. The number of amides is 1. The van der Waals surface area contributed by atoms with Crippen molar-refractivity contribution in [1.82, 2.24) is 14.8 Å². The lowest BCUT2D eigenvalue weighted by Gasteiger charge is -2.26. The fourth-order valence-corrected chi connectivity index (χ4v) is 4.66. The first-order valence-electron chi connectivity index (χ1n) is 8.55. The summed E-state index contributed by atoms with van der Waals surface area (Å²) >= 11 is 1.74. The minimum absolute atomic E-state index is 0.110. The van der Waals surface area contributed by atoms with E-state index in [1.807, 2.05) is 11.8 Å². The van der Waals surface area contributed by atoms with E-state index in [2.05, 4.69) is 15.3 Å². The molecule has 2 aliphatic rings. The number of thiazole rings is 1. The molecule has 5 nitrogen and oxygen atoms in total. The first-order chi connectivity index (χ1) is 11.1. The van der Waals surface area contributed by atoms with Crippen LogP contribution < -0.4 is 0 Å². The average Bonchev–Trinajstić information content (AvgIpc) is 2.99. The molecular formula is C17H27N3O2S. The normalized spacial score (nSPS) is 26.2. The van der Waals surface area contributed by atoms with Gasteiger partial charge in [-0.05, 0) is 45.7 Å². The van der Waals surface area contributed by atoms with E-state index in [0.29, 0.717) is 12.5 Å². The molecule has 3 heterocycles. The van der Waals surface area contributed by atoms with E-state index in [9.17, 15) is 4.79 Å². The summed E-state index contributed by atoms with van der Waals surface area (Å²) < 4.78 is 5.13. The number of likely N-dealkylation sites (tertiary alicyclic amines) is 2. The topological polar surface area (TPSA) is 45.7 Å². The molecule has 0 bridgehead atoms. The molecule has 0 saturated carbocycles. The lowest BCUT2D eigenvalue weighted by atomic mass is 9.79. The van der Waals surface area contributed by atoms with Crippen molar-refractivity contribution in [3.05, 3.63) is 16.1 Å². The molecule has 3 rings (SSSR count). The summed E-state index contributed by atoms with van der Waals surface area (Å²) in [7, 11) is 1.69. The Kier molecular flexibility index (Phi) is 5.34. The fraction of sp³-hybridized carbons (Fsp3) is 0.765. The molecular weight excluding hydrogens is 310 g/mol. The van der Waals surface area contributed by atoms with Crippen molar-refractivity contribution in [2.45, 2.75) is 39.2 Å². The van der Waals surface area contributed by atoms with E-state index in [-0.39, 0.29) is 5.41 Å². The average molecular weight is 337 g/mol. The zero-order chi connectivity index (χ0) is 16.3. The van der Waals surface area contributed by atoms with E-state index < -0.39 is 0 Å². The summed E-state index contributed by atoms with van der Waals surface area (Å²) in [4.78, 5) is 21.9. The van der Waals surface area contributed by atoms with Crippen molar-refractivity contribution in [1.29, 1.82) is 0 Å². The maximum Gasteiger partial charge on any atom is 0.228 e. The van der Waals surface area contributed by atoms with E-state index in [4.69, 9.17) is 4.74 Å². The Hall–Kier alpha value is -0.980. The highest BCUT2D eigenvalue weighted by Gasteiger charge is 2.46. The summed E-state index contributed by atoms with van der Waals surface area (Å²) in [5.41, 5.74) is 0.998. The Morgan fingerprint density at radius 3 is 2.87 bits per heavy atom. The van der Waals surface area contributed by atoms with Crippen molar-refractivity contribution in [2.24, 2.45) is 5.41 Å². The van der Waals surface area contributed by atoms with Crippen molar-refractivity contribution >= 4 is 17.2 Å². The van der Waals surface area contributed by atoms with Gasteiger partial charge in [0.2, 0.25) is 5.91 Å². The van der Waals surface area contributed by atoms with Crippen LogP contribution in [0.25, 0.3) is 0 Å². The third-order valence-corrected chi connectivity index (χ3v) is 6.18. The first kappa shape index (κ1) is 16.9. The molecule has 0 radical (unpaired) electrons. The molecule has 0 aliphatic carbocycles. The Morgan fingerprint density at radius 2 is 2.13 bits per heavy atom. The molecule has 128 valence electrons. The third kappa shape index (κ3) is 3.75. The van der Waals surface area contributed by atoms with Gasteiger partial charge >= 0.3 is 0 Å². The number of nitrogens with zero attached hydrogens (tertiary/aromatic N) is 3. The van der Waals surface area contributed by atoms with Gasteiger partial charge in [-0.15, -0.1) is 11.3 Å². The Morgan fingerprint density at radius 1 is 1.30 bits per heavy atom. The number of aromatic nitrogens is 1. The number of aryl methyl sites for hydroxylation is 1. The van der Waals surface area contributed by atoms with Gasteiger partial charge < -0.3 is 9.64 Å². The molecule has 23 heavy (non-hydrogen) atoms. The zero-order valence-electron chi connectivity index (χ0n) is 14.2. The summed E-state index contributed by atoms with van der Waals surface area (Å²) in [5.74, 6) is 0.362. The van der Waals surface area contributed by atoms with Crippen molar-refractivity contribution in [3.63, 3.8) is 0 Å². The van der Waals surface area contributed by atoms with E-state index >= 15 is 0 Å². The van der Waals surface area contributed by atoms with Crippen LogP contribution in [0.1, 0.15) is 36.4 Å². The van der Waals surface area contributed by atoms with Crippen LogP contribution in [0.3, 0.4) is 0 Å². The molecule has 1 aromatic rings. The number of rotatable bonds is 5. The van der Waals surface area contributed by atoms with Crippen LogP contribution >= 0.6 is 11.3 Å². The lowest BCUT2D eigenvalue weighted by Crippen LogP contribution is -2.37. The summed E-state index contributed by atoms with van der Waals surface area (Å²) in [5, 5.41) is 3.31. The highest BCUT2D eigenvalue weighted by Crippen LogP contribution is 2.41. The zero-order valence-corrected chi connectivity index (χ0v) is 15.0. The first-order valence-corrected chi connectivity index (χ1v) is 9.43. The summed E-state index contributed by atoms with van der Waals surface area (Å²) in [6, 6.07) is 0. The second kappa shape index (κ2) is 7.28. The predicted octanol–water partition coefficient (Wildman–Crippen LogP) is 2.30. The molecule has 2 fully saturated rings. The van der Waals surface area contributed by atoms with Gasteiger partial charge in [0, 0.05) is 31.3 Å². The van der Waals surface area contributed by atoms with Gasteiger partial charge in [-0.2, -0.15) is 0 Å². The van der Waals surface area contributed by atoms with Crippen LogP contribution in [0.2, 0.25) is 0 Å². The molecule has 2 aliphatic heterocycles. The van der Waals surface area contributed by atoms with Crippen LogP contribution in [0, 0.1) is 12.3 Å². The number of carbonyl (C=O) groups is 1. The van der Waals surface area contributed by atoms with Gasteiger partial charge in [0.05, 0.1) is 18.6 Å². The number of hydrogen-bond donors (Lipinski definition) is 0. The minimum atomic E-state index is -0.110. The standard InChI is InChI=1S/C17H27N3O2S/c1-14-13-23-15(18-14)12-19-7-3-4-17(5-8-19)6-9-20(16(17)21)10-11-22-2/h13H,3-12H2,1-2H3/t17-/m0/s1.